The van der Waals surface area contributed by atoms with Crippen LogP contribution < -0.4 is 11.2 Å². The van der Waals surface area contributed by atoms with E-state index in [-0.39, 0.29) is 0 Å². The summed E-state index contributed by atoms with van der Waals surface area (Å²) in [5, 5.41) is 10.5. The number of rotatable bonds is 4. The van der Waals surface area contributed by atoms with E-state index in [0.29, 0.717) is 0 Å². The fraction of sp³-hybridized carbons (Fsp3) is 0.647. The number of H-pyrrole nitrogens is 1. The Balaban J connectivity index is 1.78. The van der Waals surface area contributed by atoms with Crippen molar-refractivity contribution in [2.24, 2.45) is 0 Å². The van der Waals surface area contributed by atoms with Gasteiger partial charge in [0.25, 0.3) is 5.56 Å². The normalized spacial score (nSPS) is 32.4. The SMILES string of the molecule is COC1C(O)C(/C=C/B2OC(C)(C)C(C)(C)O2)OC1n1ccc(=O)[nH]c1=O. The number of nitrogens with zero attached hydrogens (tertiary/aromatic N) is 1. The first kappa shape index (κ1) is 20.0. The zero-order chi connectivity index (χ0) is 20.0. The number of aromatic amines is 1. The van der Waals surface area contributed by atoms with E-state index in [1.807, 2.05) is 27.7 Å². The van der Waals surface area contributed by atoms with Crippen molar-refractivity contribution in [1.82, 2.24) is 9.55 Å². The molecule has 27 heavy (non-hydrogen) atoms. The molecule has 148 valence electrons. The highest BCUT2D eigenvalue weighted by atomic mass is 16.7. The first-order valence-corrected chi connectivity index (χ1v) is 8.77. The van der Waals surface area contributed by atoms with Gasteiger partial charge in [-0.3, -0.25) is 14.3 Å². The van der Waals surface area contributed by atoms with Crippen molar-refractivity contribution >= 4 is 7.12 Å². The largest absolute Gasteiger partial charge is 0.486 e. The Hall–Kier alpha value is -1.72. The topological polar surface area (TPSA) is 112 Å². The standard InChI is InChI=1S/C17H25BN2O7/c1-16(2)17(3,4)27-18(26-16)8-6-10-12(22)13(24-5)14(25-10)20-9-7-11(21)19-15(20)23/h6-10,12-14,22H,1-5H3,(H,19,21,23)/b8-6+. The quantitative estimate of drug-likeness (QED) is 0.707. The molecule has 0 radical (unpaired) electrons. The molecule has 2 saturated heterocycles. The van der Waals surface area contributed by atoms with E-state index < -0.39 is 54.1 Å². The summed E-state index contributed by atoms with van der Waals surface area (Å²) in [5.41, 5.74) is -2.10. The van der Waals surface area contributed by atoms with Crippen molar-refractivity contribution in [2.75, 3.05) is 7.11 Å². The Morgan fingerprint density at radius 1 is 1.26 bits per heavy atom. The van der Waals surface area contributed by atoms with Crippen molar-refractivity contribution in [2.45, 2.75) is 63.4 Å². The zero-order valence-electron chi connectivity index (χ0n) is 16.0. The molecule has 2 aliphatic heterocycles. The molecule has 3 heterocycles. The third-order valence-corrected chi connectivity index (χ3v) is 5.38. The van der Waals surface area contributed by atoms with E-state index in [4.69, 9.17) is 18.8 Å². The van der Waals surface area contributed by atoms with Crippen molar-refractivity contribution < 1.29 is 23.9 Å². The van der Waals surface area contributed by atoms with Crippen molar-refractivity contribution in [3.05, 3.63) is 45.2 Å². The van der Waals surface area contributed by atoms with Gasteiger partial charge in [0, 0.05) is 19.4 Å². The Morgan fingerprint density at radius 2 is 1.89 bits per heavy atom. The number of methoxy groups -OCH3 is 1. The molecule has 1 aromatic rings. The van der Waals surface area contributed by atoms with E-state index in [9.17, 15) is 14.7 Å². The van der Waals surface area contributed by atoms with Gasteiger partial charge in [-0.1, -0.05) is 12.1 Å². The fourth-order valence-electron chi connectivity index (χ4n) is 3.11. The van der Waals surface area contributed by atoms with Gasteiger partial charge in [0.05, 0.1) is 11.2 Å². The highest BCUT2D eigenvalue weighted by Gasteiger charge is 2.50. The van der Waals surface area contributed by atoms with Gasteiger partial charge in [0.1, 0.15) is 18.3 Å². The Bertz CT molecular complexity index is 815. The van der Waals surface area contributed by atoms with Crippen LogP contribution in [-0.2, 0) is 18.8 Å². The summed E-state index contributed by atoms with van der Waals surface area (Å²) in [6, 6.07) is 1.21. The molecule has 1 aromatic heterocycles. The Morgan fingerprint density at radius 3 is 2.44 bits per heavy atom. The minimum atomic E-state index is -1.02. The predicted octanol–water partition coefficient (Wildman–Crippen LogP) is -0.00250. The number of hydrogen-bond donors (Lipinski definition) is 2. The molecule has 0 aliphatic carbocycles. The molecular formula is C17H25BN2O7. The summed E-state index contributed by atoms with van der Waals surface area (Å²) in [6.45, 7) is 7.78. The van der Waals surface area contributed by atoms with Gasteiger partial charge in [0.15, 0.2) is 6.23 Å². The van der Waals surface area contributed by atoms with E-state index in [1.165, 1.54) is 23.9 Å². The van der Waals surface area contributed by atoms with Crippen LogP contribution in [0.2, 0.25) is 0 Å². The molecule has 0 amide bonds. The second kappa shape index (κ2) is 7.03. The second-order valence-corrected chi connectivity index (χ2v) is 7.71. The van der Waals surface area contributed by atoms with Crippen LogP contribution in [0.1, 0.15) is 33.9 Å². The monoisotopic (exact) mass is 380 g/mol. The minimum absolute atomic E-state index is 0.474. The molecular weight excluding hydrogens is 355 g/mol. The van der Waals surface area contributed by atoms with Gasteiger partial charge in [-0.2, -0.15) is 0 Å². The predicted molar refractivity (Wildman–Crippen MR) is 97.3 cm³/mol. The second-order valence-electron chi connectivity index (χ2n) is 7.71. The molecule has 4 atom stereocenters. The van der Waals surface area contributed by atoms with Crippen LogP contribution >= 0.6 is 0 Å². The lowest BCUT2D eigenvalue weighted by atomic mass is 9.89. The summed E-state index contributed by atoms with van der Waals surface area (Å²) in [6.07, 6.45) is -0.486. The first-order chi connectivity index (χ1) is 12.6. The van der Waals surface area contributed by atoms with Gasteiger partial charge >= 0.3 is 12.8 Å². The third-order valence-electron chi connectivity index (χ3n) is 5.38. The lowest BCUT2D eigenvalue weighted by molar-refractivity contribution is -0.0491. The number of nitrogens with one attached hydrogen (secondary N) is 1. The third kappa shape index (κ3) is 3.68. The fourth-order valence-corrected chi connectivity index (χ4v) is 3.11. The summed E-state index contributed by atoms with van der Waals surface area (Å²) in [5.74, 6) is 1.68. The summed E-state index contributed by atoms with van der Waals surface area (Å²) in [7, 11) is 0.836. The van der Waals surface area contributed by atoms with Crippen LogP contribution in [0.5, 0.6) is 0 Å². The number of ether oxygens (including phenoxy) is 2. The molecule has 0 saturated carbocycles. The number of aliphatic hydroxyl groups excluding tert-OH is 1. The molecule has 3 rings (SSSR count). The summed E-state index contributed by atoms with van der Waals surface area (Å²) in [4.78, 5) is 25.5. The molecule has 0 bridgehead atoms. The van der Waals surface area contributed by atoms with Gasteiger partial charge in [-0.05, 0) is 27.7 Å². The van der Waals surface area contributed by atoms with E-state index >= 15 is 0 Å². The average Bonchev–Trinajstić information content (AvgIpc) is 2.98. The van der Waals surface area contributed by atoms with E-state index in [2.05, 4.69) is 4.98 Å². The Labute approximate surface area is 157 Å². The molecule has 2 aliphatic rings. The van der Waals surface area contributed by atoms with Crippen LogP contribution in [0, 0.1) is 0 Å². The molecule has 0 spiro atoms. The maximum absolute atomic E-state index is 12.0. The first-order valence-electron chi connectivity index (χ1n) is 8.77. The highest BCUT2D eigenvalue weighted by Crippen LogP contribution is 2.37. The smallest absolute Gasteiger partial charge is 0.400 e. The lowest BCUT2D eigenvalue weighted by Gasteiger charge is -2.32. The van der Waals surface area contributed by atoms with Gasteiger partial charge in [-0.25, -0.2) is 4.79 Å². The van der Waals surface area contributed by atoms with Crippen LogP contribution in [0.3, 0.4) is 0 Å². The van der Waals surface area contributed by atoms with Crippen LogP contribution in [0.25, 0.3) is 0 Å². The van der Waals surface area contributed by atoms with E-state index in [1.54, 1.807) is 12.1 Å². The van der Waals surface area contributed by atoms with Crippen LogP contribution in [0.4, 0.5) is 0 Å². The number of aromatic nitrogens is 2. The molecule has 4 unspecified atom stereocenters. The van der Waals surface area contributed by atoms with Crippen molar-refractivity contribution in [1.29, 1.82) is 0 Å². The van der Waals surface area contributed by atoms with E-state index in [0.717, 1.165) is 0 Å². The molecule has 2 N–H and O–H groups in total. The summed E-state index contributed by atoms with van der Waals surface area (Å²) >= 11 is 0. The van der Waals surface area contributed by atoms with Crippen LogP contribution in [0.15, 0.2) is 33.9 Å². The molecule has 10 heteroatoms. The molecule has 9 nitrogen and oxygen atoms in total. The molecule has 2 fully saturated rings. The average molecular weight is 380 g/mol. The highest BCUT2D eigenvalue weighted by molar-refractivity contribution is 6.51. The van der Waals surface area contributed by atoms with Crippen molar-refractivity contribution in [3.63, 3.8) is 0 Å². The number of aliphatic hydroxyl groups is 1. The number of hydrogen-bond acceptors (Lipinski definition) is 7. The minimum Gasteiger partial charge on any atom is -0.400 e. The van der Waals surface area contributed by atoms with Crippen LogP contribution in [-0.4, -0.2) is 58.4 Å². The molecule has 0 aromatic carbocycles. The maximum atomic E-state index is 12.0. The van der Waals surface area contributed by atoms with Gasteiger partial charge in [0.2, 0.25) is 0 Å². The Kier molecular flexibility index (Phi) is 5.21. The van der Waals surface area contributed by atoms with Crippen molar-refractivity contribution in [3.8, 4) is 0 Å². The van der Waals surface area contributed by atoms with Gasteiger partial charge in [-0.15, -0.1) is 0 Å². The maximum Gasteiger partial charge on any atom is 0.486 e. The zero-order valence-corrected chi connectivity index (χ0v) is 16.0. The van der Waals surface area contributed by atoms with Gasteiger partial charge < -0.3 is 23.9 Å². The lowest BCUT2D eigenvalue weighted by Crippen LogP contribution is -2.41. The summed E-state index contributed by atoms with van der Waals surface area (Å²) < 4.78 is 24.1.